The molecule has 2 rings (SSSR count). The van der Waals surface area contributed by atoms with Gasteiger partial charge in [-0.1, -0.05) is 30.1 Å². The van der Waals surface area contributed by atoms with Crippen LogP contribution in [0.1, 0.15) is 38.3 Å². The molecule has 0 atom stereocenters. The molecule has 2 aromatic rings. The molecule has 0 bridgehead atoms. The summed E-state index contributed by atoms with van der Waals surface area (Å²) < 4.78 is 6.85. The number of fused-ring (bicyclic) bond motifs is 1. The Morgan fingerprint density at radius 1 is 1.29 bits per heavy atom. The lowest BCUT2D eigenvalue weighted by molar-refractivity contribution is -0.145. The van der Waals surface area contributed by atoms with E-state index in [1.54, 1.807) is 22.9 Å². The van der Waals surface area contributed by atoms with Crippen LogP contribution in [0.25, 0.3) is 5.65 Å². The fourth-order valence-corrected chi connectivity index (χ4v) is 2.64. The molecular formula is C16H19Cl2N3O3. The molecule has 2 aromatic heterocycles. The number of ether oxygens (including phenoxy) is 1. The van der Waals surface area contributed by atoms with Crippen molar-refractivity contribution >= 4 is 40.7 Å². The highest BCUT2D eigenvalue weighted by atomic mass is 35.5. The third kappa shape index (κ3) is 5.39. The number of aromatic nitrogens is 2. The van der Waals surface area contributed by atoms with Crippen LogP contribution in [0.4, 0.5) is 0 Å². The molecule has 0 aliphatic carbocycles. The topological polar surface area (TPSA) is 72.7 Å². The third-order valence-electron chi connectivity index (χ3n) is 3.26. The highest BCUT2D eigenvalue weighted by molar-refractivity contribution is 6.36. The Labute approximate surface area is 150 Å². The second kappa shape index (κ2) is 8.89. The Hall–Kier alpha value is -1.79. The van der Waals surface area contributed by atoms with E-state index >= 15 is 0 Å². The molecule has 130 valence electrons. The number of imidazole rings is 1. The number of nitrogens with one attached hydrogen (secondary N) is 1. The van der Waals surface area contributed by atoms with Crippen LogP contribution in [0.5, 0.6) is 0 Å². The number of carbonyl (C=O) groups is 2. The van der Waals surface area contributed by atoms with E-state index in [9.17, 15) is 9.59 Å². The van der Waals surface area contributed by atoms with Gasteiger partial charge in [0.1, 0.15) is 6.61 Å². The van der Waals surface area contributed by atoms with Crippen LogP contribution in [0.2, 0.25) is 10.0 Å². The van der Waals surface area contributed by atoms with Crippen LogP contribution < -0.4 is 5.32 Å². The largest absolute Gasteiger partial charge is 0.459 e. The zero-order valence-electron chi connectivity index (χ0n) is 13.3. The third-order valence-corrected chi connectivity index (χ3v) is 3.75. The van der Waals surface area contributed by atoms with E-state index in [1.807, 2.05) is 6.92 Å². The number of hydrogen-bond donors (Lipinski definition) is 1. The van der Waals surface area contributed by atoms with Crippen molar-refractivity contribution < 1.29 is 14.3 Å². The molecule has 1 amide bonds. The molecule has 0 aliphatic rings. The highest BCUT2D eigenvalue weighted by Crippen LogP contribution is 2.22. The Bertz CT molecular complexity index is 731. The first-order valence-electron chi connectivity index (χ1n) is 7.74. The number of carbonyl (C=O) groups excluding carboxylic acids is 2. The van der Waals surface area contributed by atoms with E-state index in [0.717, 1.165) is 6.42 Å². The van der Waals surface area contributed by atoms with Crippen LogP contribution in [-0.2, 0) is 20.9 Å². The Balaban J connectivity index is 1.78. The van der Waals surface area contributed by atoms with Crippen molar-refractivity contribution in [2.24, 2.45) is 0 Å². The van der Waals surface area contributed by atoms with Crippen molar-refractivity contribution in [2.75, 3.05) is 6.54 Å². The molecule has 6 nitrogen and oxygen atoms in total. The number of halogens is 2. The van der Waals surface area contributed by atoms with Crippen molar-refractivity contribution in [1.29, 1.82) is 0 Å². The zero-order chi connectivity index (χ0) is 17.5. The summed E-state index contributed by atoms with van der Waals surface area (Å²) in [6.07, 6.45) is 5.24. The number of nitrogens with zero attached hydrogens (tertiary/aromatic N) is 2. The summed E-state index contributed by atoms with van der Waals surface area (Å²) in [6, 6.07) is 1.60. The minimum atomic E-state index is -0.362. The van der Waals surface area contributed by atoms with Gasteiger partial charge in [-0.3, -0.25) is 9.59 Å². The molecule has 24 heavy (non-hydrogen) atoms. The van der Waals surface area contributed by atoms with Gasteiger partial charge in [-0.2, -0.15) is 0 Å². The lowest BCUT2D eigenvalue weighted by Gasteiger charge is -2.04. The number of esters is 1. The number of hydrogen-bond acceptors (Lipinski definition) is 4. The Kier molecular flexibility index (Phi) is 6.87. The van der Waals surface area contributed by atoms with E-state index in [4.69, 9.17) is 27.9 Å². The monoisotopic (exact) mass is 371 g/mol. The van der Waals surface area contributed by atoms with Gasteiger partial charge in [0.2, 0.25) is 5.91 Å². The minimum Gasteiger partial charge on any atom is -0.459 e. The standard InChI is InChI=1S/C16H19Cl2N3O3/c1-2-6-19-14(22)4-3-5-15(23)24-10-12-9-21-8-11(17)7-13(18)16(21)20-12/h7-9H,2-6,10H2,1H3,(H,19,22). The van der Waals surface area contributed by atoms with Gasteiger partial charge in [-0.25, -0.2) is 4.98 Å². The molecule has 0 aromatic carbocycles. The van der Waals surface area contributed by atoms with Crippen LogP contribution in [-0.4, -0.2) is 27.8 Å². The average molecular weight is 372 g/mol. The van der Waals surface area contributed by atoms with Crippen LogP contribution in [0.15, 0.2) is 18.5 Å². The zero-order valence-corrected chi connectivity index (χ0v) is 14.9. The molecule has 0 saturated heterocycles. The molecule has 0 fully saturated rings. The van der Waals surface area contributed by atoms with Gasteiger partial charge in [0.05, 0.1) is 15.7 Å². The first kappa shape index (κ1) is 18.5. The van der Waals surface area contributed by atoms with Gasteiger partial charge in [-0.15, -0.1) is 0 Å². The predicted octanol–water partition coefficient (Wildman–Crippen LogP) is 3.38. The molecule has 0 radical (unpaired) electrons. The molecule has 8 heteroatoms. The van der Waals surface area contributed by atoms with Crippen LogP contribution in [0, 0.1) is 0 Å². The highest BCUT2D eigenvalue weighted by Gasteiger charge is 2.10. The van der Waals surface area contributed by atoms with Crippen molar-refractivity contribution in [3.63, 3.8) is 0 Å². The van der Waals surface area contributed by atoms with Crippen molar-refractivity contribution in [1.82, 2.24) is 14.7 Å². The van der Waals surface area contributed by atoms with E-state index < -0.39 is 0 Å². The first-order chi connectivity index (χ1) is 11.5. The minimum absolute atomic E-state index is 0.0449. The quantitative estimate of drug-likeness (QED) is 0.721. The fourth-order valence-electron chi connectivity index (χ4n) is 2.12. The average Bonchev–Trinajstić information content (AvgIpc) is 2.94. The maximum absolute atomic E-state index is 11.7. The summed E-state index contributed by atoms with van der Waals surface area (Å²) >= 11 is 12.0. The van der Waals surface area contributed by atoms with E-state index in [0.29, 0.717) is 40.8 Å². The van der Waals surface area contributed by atoms with Gasteiger partial charge in [-0.05, 0) is 18.9 Å². The van der Waals surface area contributed by atoms with Gasteiger partial charge in [0.25, 0.3) is 0 Å². The summed E-state index contributed by atoms with van der Waals surface area (Å²) in [5.41, 5.74) is 1.13. The number of rotatable bonds is 8. The Morgan fingerprint density at radius 3 is 2.83 bits per heavy atom. The summed E-state index contributed by atoms with van der Waals surface area (Å²) in [6.45, 7) is 2.69. The summed E-state index contributed by atoms with van der Waals surface area (Å²) in [4.78, 5) is 27.4. The van der Waals surface area contributed by atoms with Gasteiger partial charge in [0, 0.05) is 31.8 Å². The summed E-state index contributed by atoms with van der Waals surface area (Å²) in [5.74, 6) is -0.406. The van der Waals surface area contributed by atoms with Crippen molar-refractivity contribution in [3.05, 3.63) is 34.2 Å². The molecule has 0 aliphatic heterocycles. The second-order valence-corrected chi connectivity index (χ2v) is 6.18. The first-order valence-corrected chi connectivity index (χ1v) is 8.50. The SMILES string of the molecule is CCCNC(=O)CCCC(=O)OCc1cn2cc(Cl)cc(Cl)c2n1. The fraction of sp³-hybridized carbons (Fsp3) is 0.438. The summed E-state index contributed by atoms with van der Waals surface area (Å²) in [5, 5.41) is 3.69. The smallest absolute Gasteiger partial charge is 0.306 e. The van der Waals surface area contributed by atoms with Crippen LogP contribution >= 0.6 is 23.2 Å². The lowest BCUT2D eigenvalue weighted by Crippen LogP contribution is -2.23. The molecule has 2 heterocycles. The molecular weight excluding hydrogens is 353 g/mol. The molecule has 0 spiro atoms. The van der Waals surface area contributed by atoms with Crippen molar-refractivity contribution in [2.45, 2.75) is 39.2 Å². The van der Waals surface area contributed by atoms with Crippen LogP contribution in [0.3, 0.4) is 0 Å². The maximum Gasteiger partial charge on any atom is 0.306 e. The molecule has 1 N–H and O–H groups in total. The number of pyridine rings is 1. The van der Waals surface area contributed by atoms with E-state index in [2.05, 4.69) is 10.3 Å². The summed E-state index contributed by atoms with van der Waals surface area (Å²) in [7, 11) is 0. The lowest BCUT2D eigenvalue weighted by atomic mass is 10.2. The van der Waals surface area contributed by atoms with Gasteiger partial charge >= 0.3 is 5.97 Å². The maximum atomic E-state index is 11.7. The van der Waals surface area contributed by atoms with Crippen molar-refractivity contribution in [3.8, 4) is 0 Å². The Morgan fingerprint density at radius 2 is 2.08 bits per heavy atom. The van der Waals surface area contributed by atoms with E-state index in [-0.39, 0.29) is 24.9 Å². The normalized spacial score (nSPS) is 10.8. The van der Waals surface area contributed by atoms with Gasteiger partial charge in [0.15, 0.2) is 5.65 Å². The predicted molar refractivity (Wildman–Crippen MR) is 92.2 cm³/mol. The molecule has 0 unspecified atom stereocenters. The molecule has 0 saturated carbocycles. The van der Waals surface area contributed by atoms with E-state index in [1.165, 1.54) is 0 Å². The number of amides is 1. The van der Waals surface area contributed by atoms with Gasteiger partial charge < -0.3 is 14.5 Å². The second-order valence-electron chi connectivity index (χ2n) is 5.33.